The summed E-state index contributed by atoms with van der Waals surface area (Å²) < 4.78 is 11.1. The van der Waals surface area contributed by atoms with E-state index < -0.39 is 0 Å². The predicted octanol–water partition coefficient (Wildman–Crippen LogP) is 2.85. The highest BCUT2D eigenvalue weighted by molar-refractivity contribution is 6.04. The molecule has 1 saturated heterocycles. The number of carbonyl (C=O) groups excluding carboxylic acids is 2. The van der Waals surface area contributed by atoms with E-state index in [0.717, 1.165) is 12.8 Å². The SMILES string of the molecule is CC(=O)Nc1cccc(NC(=O)c2ccc(OC3CCOCC3)nc2)c1. The highest BCUT2D eigenvalue weighted by Gasteiger charge is 2.16. The van der Waals surface area contributed by atoms with Crippen LogP contribution in [0.25, 0.3) is 0 Å². The predicted molar refractivity (Wildman–Crippen MR) is 97.4 cm³/mol. The van der Waals surface area contributed by atoms with Crippen molar-refractivity contribution < 1.29 is 19.1 Å². The van der Waals surface area contributed by atoms with Crippen molar-refractivity contribution in [1.82, 2.24) is 4.98 Å². The summed E-state index contributed by atoms with van der Waals surface area (Å²) in [7, 11) is 0. The van der Waals surface area contributed by atoms with Crippen molar-refractivity contribution in [3.05, 3.63) is 48.2 Å². The van der Waals surface area contributed by atoms with Crippen LogP contribution in [-0.2, 0) is 9.53 Å². The zero-order chi connectivity index (χ0) is 18.4. The van der Waals surface area contributed by atoms with Crippen molar-refractivity contribution in [3.63, 3.8) is 0 Å². The number of carbonyl (C=O) groups is 2. The molecule has 0 atom stereocenters. The number of ether oxygens (including phenoxy) is 2. The number of nitrogens with one attached hydrogen (secondary N) is 2. The second-order valence-corrected chi connectivity index (χ2v) is 6.03. The lowest BCUT2D eigenvalue weighted by Crippen LogP contribution is -2.26. The number of nitrogens with zero attached hydrogens (tertiary/aromatic N) is 1. The zero-order valence-electron chi connectivity index (χ0n) is 14.5. The maximum Gasteiger partial charge on any atom is 0.257 e. The number of aromatic nitrogens is 1. The van der Waals surface area contributed by atoms with Crippen molar-refractivity contribution in [2.75, 3.05) is 23.8 Å². The van der Waals surface area contributed by atoms with Gasteiger partial charge in [0.2, 0.25) is 11.8 Å². The van der Waals surface area contributed by atoms with E-state index in [0.29, 0.717) is 36.0 Å². The number of pyridine rings is 1. The molecule has 0 bridgehead atoms. The van der Waals surface area contributed by atoms with Crippen LogP contribution in [0.5, 0.6) is 5.88 Å². The molecule has 0 aliphatic carbocycles. The zero-order valence-corrected chi connectivity index (χ0v) is 14.5. The molecule has 0 spiro atoms. The summed E-state index contributed by atoms with van der Waals surface area (Å²) >= 11 is 0. The smallest absolute Gasteiger partial charge is 0.257 e. The first-order valence-electron chi connectivity index (χ1n) is 8.49. The number of benzene rings is 1. The van der Waals surface area contributed by atoms with Crippen LogP contribution in [0.15, 0.2) is 42.6 Å². The van der Waals surface area contributed by atoms with Crippen LogP contribution >= 0.6 is 0 Å². The first kappa shape index (κ1) is 17.9. The van der Waals surface area contributed by atoms with E-state index in [1.54, 1.807) is 36.4 Å². The molecule has 1 aromatic heterocycles. The summed E-state index contributed by atoms with van der Waals surface area (Å²) in [5.74, 6) is 0.0500. The van der Waals surface area contributed by atoms with Gasteiger partial charge in [0.05, 0.1) is 18.8 Å². The Labute approximate surface area is 151 Å². The van der Waals surface area contributed by atoms with Crippen molar-refractivity contribution >= 4 is 23.2 Å². The maximum atomic E-state index is 12.4. The Morgan fingerprint density at radius 2 is 1.85 bits per heavy atom. The average molecular weight is 355 g/mol. The van der Waals surface area contributed by atoms with E-state index in [2.05, 4.69) is 15.6 Å². The van der Waals surface area contributed by atoms with Gasteiger partial charge < -0.3 is 20.1 Å². The van der Waals surface area contributed by atoms with Gasteiger partial charge in [-0.15, -0.1) is 0 Å². The Kier molecular flexibility index (Phi) is 5.80. The van der Waals surface area contributed by atoms with E-state index in [9.17, 15) is 9.59 Å². The molecule has 1 aromatic carbocycles. The van der Waals surface area contributed by atoms with Crippen LogP contribution in [0, 0.1) is 0 Å². The standard InChI is InChI=1S/C19H21N3O4/c1-13(23)21-15-3-2-4-16(11-15)22-19(24)14-5-6-18(20-12-14)26-17-7-9-25-10-8-17/h2-6,11-12,17H,7-10H2,1H3,(H,21,23)(H,22,24). The second kappa shape index (κ2) is 8.44. The molecule has 2 N–H and O–H groups in total. The third kappa shape index (κ3) is 5.03. The Morgan fingerprint density at radius 3 is 2.50 bits per heavy atom. The Hall–Kier alpha value is -2.93. The molecule has 0 radical (unpaired) electrons. The van der Waals surface area contributed by atoms with E-state index in [-0.39, 0.29) is 17.9 Å². The van der Waals surface area contributed by atoms with Gasteiger partial charge in [0.15, 0.2) is 0 Å². The molecule has 0 saturated carbocycles. The Morgan fingerprint density at radius 1 is 1.12 bits per heavy atom. The molecule has 1 aliphatic heterocycles. The van der Waals surface area contributed by atoms with E-state index in [1.807, 2.05) is 0 Å². The van der Waals surface area contributed by atoms with E-state index >= 15 is 0 Å². The molecule has 7 nitrogen and oxygen atoms in total. The normalized spacial score (nSPS) is 14.5. The lowest BCUT2D eigenvalue weighted by molar-refractivity contribution is -0.114. The first-order valence-corrected chi connectivity index (χ1v) is 8.49. The minimum Gasteiger partial charge on any atom is -0.474 e. The highest BCUT2D eigenvalue weighted by Crippen LogP contribution is 2.18. The van der Waals surface area contributed by atoms with E-state index in [4.69, 9.17) is 9.47 Å². The molecule has 136 valence electrons. The summed E-state index contributed by atoms with van der Waals surface area (Å²) in [5, 5.41) is 5.46. The van der Waals surface area contributed by atoms with Crippen molar-refractivity contribution in [2.24, 2.45) is 0 Å². The van der Waals surface area contributed by atoms with Crippen LogP contribution in [0.3, 0.4) is 0 Å². The molecule has 7 heteroatoms. The van der Waals surface area contributed by atoms with Gasteiger partial charge in [0.25, 0.3) is 5.91 Å². The lowest BCUT2D eigenvalue weighted by atomic mass is 10.1. The van der Waals surface area contributed by atoms with Gasteiger partial charge in [-0.2, -0.15) is 0 Å². The summed E-state index contributed by atoms with van der Waals surface area (Å²) in [6, 6.07) is 10.3. The van der Waals surface area contributed by atoms with Crippen LogP contribution in [0.4, 0.5) is 11.4 Å². The van der Waals surface area contributed by atoms with Crippen LogP contribution < -0.4 is 15.4 Å². The van der Waals surface area contributed by atoms with Crippen molar-refractivity contribution in [2.45, 2.75) is 25.9 Å². The first-order chi connectivity index (χ1) is 12.6. The molecular weight excluding hydrogens is 334 g/mol. The van der Waals surface area contributed by atoms with Gasteiger partial charge in [0, 0.05) is 43.4 Å². The van der Waals surface area contributed by atoms with Gasteiger partial charge >= 0.3 is 0 Å². The molecule has 2 heterocycles. The summed E-state index contributed by atoms with van der Waals surface area (Å²) in [6.07, 6.45) is 3.28. The largest absolute Gasteiger partial charge is 0.474 e. The lowest BCUT2D eigenvalue weighted by Gasteiger charge is -2.22. The van der Waals surface area contributed by atoms with Crippen LogP contribution in [0.1, 0.15) is 30.1 Å². The minimum absolute atomic E-state index is 0.104. The minimum atomic E-state index is -0.282. The quantitative estimate of drug-likeness (QED) is 0.861. The number of anilines is 2. The molecule has 1 fully saturated rings. The van der Waals surface area contributed by atoms with Gasteiger partial charge in [-0.25, -0.2) is 4.98 Å². The van der Waals surface area contributed by atoms with Gasteiger partial charge in [0.1, 0.15) is 6.10 Å². The number of hydrogen-bond donors (Lipinski definition) is 2. The van der Waals surface area contributed by atoms with E-state index in [1.165, 1.54) is 13.1 Å². The maximum absolute atomic E-state index is 12.4. The number of rotatable bonds is 5. The topological polar surface area (TPSA) is 89.6 Å². The highest BCUT2D eigenvalue weighted by atomic mass is 16.5. The van der Waals surface area contributed by atoms with Gasteiger partial charge in [-0.3, -0.25) is 9.59 Å². The van der Waals surface area contributed by atoms with Crippen LogP contribution in [0.2, 0.25) is 0 Å². The molecular formula is C19H21N3O4. The fraction of sp³-hybridized carbons (Fsp3) is 0.316. The summed E-state index contributed by atoms with van der Waals surface area (Å²) in [6.45, 7) is 2.83. The molecule has 2 amide bonds. The molecule has 0 unspecified atom stereocenters. The van der Waals surface area contributed by atoms with Crippen molar-refractivity contribution in [1.29, 1.82) is 0 Å². The number of amides is 2. The molecule has 2 aromatic rings. The van der Waals surface area contributed by atoms with Gasteiger partial charge in [-0.1, -0.05) is 6.07 Å². The summed E-state index contributed by atoms with van der Waals surface area (Å²) in [5.41, 5.74) is 1.63. The fourth-order valence-electron chi connectivity index (χ4n) is 2.63. The molecule has 3 rings (SSSR count). The molecule has 26 heavy (non-hydrogen) atoms. The Balaban J connectivity index is 1.60. The van der Waals surface area contributed by atoms with Gasteiger partial charge in [-0.05, 0) is 24.3 Å². The summed E-state index contributed by atoms with van der Waals surface area (Å²) in [4.78, 5) is 27.7. The molecule has 1 aliphatic rings. The Bertz CT molecular complexity index is 771. The van der Waals surface area contributed by atoms with Crippen LogP contribution in [-0.4, -0.2) is 36.1 Å². The fourth-order valence-corrected chi connectivity index (χ4v) is 2.63. The van der Waals surface area contributed by atoms with Crippen molar-refractivity contribution in [3.8, 4) is 5.88 Å². The second-order valence-electron chi connectivity index (χ2n) is 6.03. The third-order valence-electron chi connectivity index (χ3n) is 3.90. The average Bonchev–Trinajstić information content (AvgIpc) is 2.63. The number of hydrogen-bond acceptors (Lipinski definition) is 5. The monoisotopic (exact) mass is 355 g/mol. The third-order valence-corrected chi connectivity index (χ3v) is 3.90.